The third-order valence-corrected chi connectivity index (χ3v) is 4.98. The second-order valence-electron chi connectivity index (χ2n) is 7.39. The number of nitrogens with zero attached hydrogens (tertiary/aromatic N) is 2. The average molecular weight is 445 g/mol. The van der Waals surface area contributed by atoms with E-state index in [4.69, 9.17) is 14.7 Å². The Morgan fingerprint density at radius 1 is 1.23 bits per heavy atom. The molecule has 1 fully saturated rings. The molecule has 0 bridgehead atoms. The summed E-state index contributed by atoms with van der Waals surface area (Å²) in [5.41, 5.74) is 0.255. The highest BCUT2D eigenvalue weighted by Gasteiger charge is 2.42. The number of carbonyl (C=O) groups is 2. The molecule has 1 aromatic heterocycles. The van der Waals surface area contributed by atoms with Gasteiger partial charge >= 0.3 is 11.7 Å². The molecule has 1 aliphatic rings. The zero-order chi connectivity index (χ0) is 23.0. The van der Waals surface area contributed by atoms with Crippen LogP contribution in [0.2, 0.25) is 0 Å². The summed E-state index contributed by atoms with van der Waals surface area (Å²) >= 11 is 0. The zero-order valence-electron chi connectivity index (χ0n) is 17.2. The largest absolute Gasteiger partial charge is 0.465 e. The van der Waals surface area contributed by atoms with Crippen molar-refractivity contribution in [3.63, 3.8) is 0 Å². The van der Waals surface area contributed by atoms with E-state index in [1.807, 2.05) is 0 Å². The van der Waals surface area contributed by atoms with Gasteiger partial charge in [-0.25, -0.2) is 14.7 Å². The van der Waals surface area contributed by atoms with Gasteiger partial charge in [0.15, 0.2) is 12.0 Å². The predicted octanol–water partition coefficient (Wildman–Crippen LogP) is -0.0468. The molecule has 0 spiro atoms. The molecule has 4 atom stereocenters. The number of hydrogen-bond acceptors (Lipinski definition) is 9. The molecule has 12 heteroatoms. The summed E-state index contributed by atoms with van der Waals surface area (Å²) in [5, 5.41) is 28.1. The van der Waals surface area contributed by atoms with E-state index < -0.39 is 54.3 Å². The average Bonchev–Trinajstić information content (AvgIpc) is 2.99. The lowest BCUT2D eigenvalue weighted by Crippen LogP contribution is -2.36. The van der Waals surface area contributed by atoms with Gasteiger partial charge in [0, 0.05) is 12.6 Å². The van der Waals surface area contributed by atoms with Crippen molar-refractivity contribution < 1.29 is 38.9 Å². The molecule has 1 aromatic rings. The van der Waals surface area contributed by atoms with E-state index >= 15 is 0 Å². The highest BCUT2D eigenvalue weighted by molar-refractivity contribution is 5.74. The van der Waals surface area contributed by atoms with Crippen molar-refractivity contribution in [1.82, 2.24) is 15.0 Å². The van der Waals surface area contributed by atoms with E-state index in [9.17, 15) is 29.0 Å². The predicted molar refractivity (Wildman–Crippen MR) is 102 cm³/mol. The molecule has 1 saturated heterocycles. The first-order valence-corrected chi connectivity index (χ1v) is 10.1. The molecule has 0 radical (unpaired) electrons. The van der Waals surface area contributed by atoms with E-state index in [-0.39, 0.29) is 18.7 Å². The quantitative estimate of drug-likeness (QED) is 0.158. The Hall–Kier alpha value is -2.41. The van der Waals surface area contributed by atoms with Gasteiger partial charge in [-0.05, 0) is 19.8 Å². The van der Waals surface area contributed by atoms with Crippen molar-refractivity contribution in [2.24, 2.45) is 0 Å². The number of unbranched alkanes of at least 4 members (excludes halogenated alkanes) is 4. The third kappa shape index (κ3) is 7.06. The SMILES string of the molecule is C[C@H]1O[C@@H](n2cc(F)c(CC(=O)OCCCCCCCC(=O)NO)nc2=O)[C@H](O)[C@@H]1O. The minimum atomic E-state index is -1.42. The van der Waals surface area contributed by atoms with E-state index in [0.29, 0.717) is 12.8 Å². The van der Waals surface area contributed by atoms with Crippen molar-refractivity contribution >= 4 is 11.9 Å². The van der Waals surface area contributed by atoms with Gasteiger partial charge in [0.1, 0.15) is 12.2 Å². The van der Waals surface area contributed by atoms with Crippen molar-refractivity contribution in [3.8, 4) is 0 Å². The number of aliphatic hydroxyl groups is 2. The Morgan fingerprint density at radius 3 is 2.55 bits per heavy atom. The zero-order valence-corrected chi connectivity index (χ0v) is 17.2. The molecule has 2 heterocycles. The Bertz CT molecular complexity index is 818. The number of carbonyl (C=O) groups excluding carboxylic acids is 2. The number of esters is 1. The van der Waals surface area contributed by atoms with Crippen molar-refractivity contribution in [3.05, 3.63) is 28.2 Å². The van der Waals surface area contributed by atoms with E-state index in [1.54, 1.807) is 5.48 Å². The molecule has 11 nitrogen and oxygen atoms in total. The summed E-state index contributed by atoms with van der Waals surface area (Å²) in [6.45, 7) is 1.63. The number of amides is 1. The van der Waals surface area contributed by atoms with Gasteiger partial charge in [-0.15, -0.1) is 0 Å². The van der Waals surface area contributed by atoms with Crippen LogP contribution in [0.3, 0.4) is 0 Å². The normalized spacial score (nSPS) is 23.0. The van der Waals surface area contributed by atoms with E-state index in [0.717, 1.165) is 30.0 Å². The monoisotopic (exact) mass is 445 g/mol. The van der Waals surface area contributed by atoms with Crippen LogP contribution in [0, 0.1) is 5.82 Å². The minimum Gasteiger partial charge on any atom is -0.465 e. The van der Waals surface area contributed by atoms with Crippen molar-refractivity contribution in [2.45, 2.75) is 76.4 Å². The first kappa shape index (κ1) is 24.9. The number of hydrogen-bond donors (Lipinski definition) is 4. The summed E-state index contributed by atoms with van der Waals surface area (Å²) in [5.74, 6) is -2.10. The first-order valence-electron chi connectivity index (χ1n) is 10.1. The molecule has 2 rings (SSSR count). The second-order valence-corrected chi connectivity index (χ2v) is 7.39. The lowest BCUT2D eigenvalue weighted by atomic mass is 10.1. The Kier molecular flexibility index (Phi) is 9.49. The molecule has 0 saturated carbocycles. The highest BCUT2D eigenvalue weighted by Crippen LogP contribution is 2.28. The molecule has 1 amide bonds. The van der Waals surface area contributed by atoms with Crippen molar-refractivity contribution in [1.29, 1.82) is 0 Å². The molecular weight excluding hydrogens is 417 g/mol. The fraction of sp³-hybridized carbons (Fsp3) is 0.684. The summed E-state index contributed by atoms with van der Waals surface area (Å²) in [6.07, 6.45) is -0.544. The van der Waals surface area contributed by atoms with Crippen LogP contribution in [0.4, 0.5) is 4.39 Å². The fourth-order valence-electron chi connectivity index (χ4n) is 3.19. The number of aromatic nitrogens is 2. The molecule has 0 aliphatic carbocycles. The van der Waals surface area contributed by atoms with E-state index in [1.165, 1.54) is 6.92 Å². The smallest absolute Gasteiger partial charge is 0.350 e. The van der Waals surface area contributed by atoms with Crippen LogP contribution in [-0.4, -0.2) is 61.8 Å². The number of aliphatic hydroxyl groups excluding tert-OH is 2. The summed E-state index contributed by atoms with van der Waals surface area (Å²) in [6, 6.07) is 0. The molecule has 1 aliphatic heterocycles. The van der Waals surface area contributed by atoms with Gasteiger partial charge in [-0.1, -0.05) is 19.3 Å². The van der Waals surface area contributed by atoms with Gasteiger partial charge < -0.3 is 19.7 Å². The van der Waals surface area contributed by atoms with Crippen molar-refractivity contribution in [2.75, 3.05) is 6.61 Å². The molecule has 0 unspecified atom stereocenters. The maximum atomic E-state index is 14.3. The third-order valence-electron chi connectivity index (χ3n) is 4.98. The van der Waals surface area contributed by atoms with Gasteiger partial charge in [-0.3, -0.25) is 19.4 Å². The van der Waals surface area contributed by atoms with Crippen LogP contribution < -0.4 is 11.2 Å². The number of hydroxylamine groups is 1. The Labute approximate surface area is 177 Å². The minimum absolute atomic E-state index is 0.131. The fourth-order valence-corrected chi connectivity index (χ4v) is 3.19. The number of rotatable bonds is 11. The van der Waals surface area contributed by atoms with Crippen LogP contribution in [0.25, 0.3) is 0 Å². The summed E-state index contributed by atoms with van der Waals surface area (Å²) in [4.78, 5) is 38.5. The summed E-state index contributed by atoms with van der Waals surface area (Å²) < 4.78 is 25.4. The second kappa shape index (κ2) is 11.8. The van der Waals surface area contributed by atoms with Crippen LogP contribution in [0.5, 0.6) is 0 Å². The Morgan fingerprint density at radius 2 is 1.90 bits per heavy atom. The highest BCUT2D eigenvalue weighted by atomic mass is 19.1. The number of ether oxygens (including phenoxy) is 2. The Balaban J connectivity index is 1.76. The van der Waals surface area contributed by atoms with Crippen LogP contribution in [-0.2, 0) is 25.5 Å². The van der Waals surface area contributed by atoms with Crippen LogP contribution in [0.1, 0.15) is 57.4 Å². The van der Waals surface area contributed by atoms with Crippen LogP contribution >= 0.6 is 0 Å². The summed E-state index contributed by atoms with van der Waals surface area (Å²) in [7, 11) is 0. The maximum Gasteiger partial charge on any atom is 0.350 e. The maximum absolute atomic E-state index is 14.3. The van der Waals surface area contributed by atoms with Gasteiger partial charge in [0.05, 0.1) is 24.8 Å². The topological polar surface area (TPSA) is 160 Å². The molecular formula is C19H28FN3O8. The number of halogens is 1. The van der Waals surface area contributed by atoms with Crippen LogP contribution in [0.15, 0.2) is 11.0 Å². The molecule has 0 aromatic carbocycles. The lowest BCUT2D eigenvalue weighted by molar-refractivity contribution is -0.143. The number of nitrogens with one attached hydrogen (secondary N) is 1. The molecule has 4 N–H and O–H groups in total. The first-order chi connectivity index (χ1) is 14.7. The molecule has 31 heavy (non-hydrogen) atoms. The lowest BCUT2D eigenvalue weighted by Gasteiger charge is -2.17. The van der Waals surface area contributed by atoms with E-state index in [2.05, 4.69) is 4.98 Å². The van der Waals surface area contributed by atoms with Gasteiger partial charge in [-0.2, -0.15) is 4.98 Å². The van der Waals surface area contributed by atoms with Gasteiger partial charge in [0.2, 0.25) is 5.91 Å². The standard InChI is InChI=1S/C19H28FN3O8/c1-11-16(26)17(27)18(31-11)23-10-12(20)13(21-19(23)28)9-15(25)30-8-6-4-2-3-5-7-14(24)22-29/h10-11,16-18,26-27,29H,2-9H2,1H3,(H,22,24)/t11-,16-,17-,18-/m1/s1. The van der Waals surface area contributed by atoms with Gasteiger partial charge in [0.25, 0.3) is 0 Å². The molecule has 174 valence electrons.